The molecule has 2 saturated heterocycles. The Labute approximate surface area is 319 Å². The summed E-state index contributed by atoms with van der Waals surface area (Å²) >= 11 is 6.62. The van der Waals surface area contributed by atoms with E-state index >= 15 is 4.79 Å². The van der Waals surface area contributed by atoms with Gasteiger partial charge < -0.3 is 51.8 Å². The Hall–Kier alpha value is -3.14. The molecule has 54 heavy (non-hydrogen) atoms. The van der Waals surface area contributed by atoms with Crippen molar-refractivity contribution in [3.8, 4) is 0 Å². The van der Waals surface area contributed by atoms with Gasteiger partial charge in [0, 0.05) is 30.9 Å². The van der Waals surface area contributed by atoms with Crippen LogP contribution < -0.4 is 22.1 Å². The van der Waals surface area contributed by atoms with Crippen LogP contribution in [-0.2, 0) is 44.9 Å². The second-order valence-electron chi connectivity index (χ2n) is 14.3. The maximum atomic E-state index is 15.1. The number of likely N-dealkylation sites (tertiary alicyclic amines) is 1. The predicted octanol–water partition coefficient (Wildman–Crippen LogP) is -1.07. The van der Waals surface area contributed by atoms with Crippen LogP contribution in [0.25, 0.3) is 0 Å². The van der Waals surface area contributed by atoms with Crippen molar-refractivity contribution in [2.75, 3.05) is 19.7 Å². The van der Waals surface area contributed by atoms with Gasteiger partial charge in [-0.1, -0.05) is 44.2 Å². The molecule has 304 valence electrons. The highest BCUT2D eigenvalue weighted by Crippen LogP contribution is 2.42. The quantitative estimate of drug-likeness (QED) is 0.0306. The molecule has 1 aliphatic carbocycles. The van der Waals surface area contributed by atoms with Crippen molar-refractivity contribution in [1.82, 2.24) is 15.5 Å². The lowest BCUT2D eigenvalue weighted by Gasteiger charge is -2.42. The molecule has 3 amide bonds. The van der Waals surface area contributed by atoms with Crippen LogP contribution in [0.4, 0.5) is 0 Å². The van der Waals surface area contributed by atoms with Gasteiger partial charge in [0.2, 0.25) is 11.8 Å². The molecule has 0 aromatic heterocycles. The van der Waals surface area contributed by atoms with Crippen LogP contribution in [0, 0.1) is 11.8 Å². The van der Waals surface area contributed by atoms with Gasteiger partial charge >= 0.3 is 10.4 Å². The molecule has 20 heteroatoms. The van der Waals surface area contributed by atoms with Crippen molar-refractivity contribution in [2.24, 2.45) is 28.3 Å². The SMILES string of the molecule is CC(C)[C@H](O[C@H]1OC[C@@H](O)[C@@H](O)[C@H]1O)[C@@H](NC(=O)[C@H](Cc1ccccc1)OS(=O)(=O)O)C(=O)N1[C@@H](C(=O)NCCCCN=C(N)N)C[C@@H]2CC[C@H](Cl)C[C@H]21. The van der Waals surface area contributed by atoms with Gasteiger partial charge in [-0.25, -0.2) is 4.18 Å². The molecule has 11 atom stereocenters. The van der Waals surface area contributed by atoms with Gasteiger partial charge in [-0.3, -0.25) is 23.9 Å². The minimum absolute atomic E-state index is 0.0427. The van der Waals surface area contributed by atoms with Gasteiger partial charge in [0.15, 0.2) is 18.4 Å². The first-order chi connectivity index (χ1) is 25.5. The molecule has 1 aromatic carbocycles. The lowest BCUT2D eigenvalue weighted by atomic mass is 9.84. The number of aliphatic hydroxyl groups excluding tert-OH is 3. The Bertz CT molecular complexity index is 1550. The minimum atomic E-state index is -5.18. The molecular formula is C34H53ClN6O12S. The number of benzene rings is 1. The second kappa shape index (κ2) is 19.6. The number of carbonyl (C=O) groups is 3. The van der Waals surface area contributed by atoms with E-state index in [4.69, 9.17) is 36.7 Å². The Morgan fingerprint density at radius 2 is 1.78 bits per heavy atom. The molecule has 0 bridgehead atoms. The van der Waals surface area contributed by atoms with Crippen LogP contribution in [-0.4, -0.2) is 137 Å². The third kappa shape index (κ3) is 11.9. The Morgan fingerprint density at radius 1 is 1.07 bits per heavy atom. The maximum Gasteiger partial charge on any atom is 0.398 e. The Balaban J connectivity index is 1.70. The number of carbonyl (C=O) groups excluding carboxylic acids is 3. The molecule has 2 heterocycles. The molecule has 0 unspecified atom stereocenters. The van der Waals surface area contributed by atoms with Crippen molar-refractivity contribution in [3.05, 3.63) is 35.9 Å². The number of nitrogens with two attached hydrogens (primary N) is 2. The first kappa shape index (κ1) is 43.6. The summed E-state index contributed by atoms with van der Waals surface area (Å²) in [5.41, 5.74) is 11.2. The monoisotopic (exact) mass is 804 g/mol. The van der Waals surface area contributed by atoms with E-state index in [9.17, 15) is 37.9 Å². The van der Waals surface area contributed by atoms with Crippen LogP contribution in [0.1, 0.15) is 57.9 Å². The fraction of sp³-hybridized carbons (Fsp3) is 0.706. The van der Waals surface area contributed by atoms with E-state index in [-0.39, 0.29) is 30.2 Å². The number of aliphatic imine (C=N–C) groups is 1. The van der Waals surface area contributed by atoms with E-state index in [0.717, 1.165) is 0 Å². The summed E-state index contributed by atoms with van der Waals surface area (Å²) in [5.74, 6) is -3.08. The number of fused-ring (bicyclic) bond motifs is 1. The molecule has 3 aliphatic rings. The molecule has 4 rings (SSSR count). The zero-order chi connectivity index (χ0) is 39.7. The number of alkyl halides is 1. The number of nitrogens with one attached hydrogen (secondary N) is 2. The molecule has 0 spiro atoms. The fourth-order valence-electron chi connectivity index (χ4n) is 7.24. The van der Waals surface area contributed by atoms with Crippen molar-refractivity contribution in [1.29, 1.82) is 0 Å². The Morgan fingerprint density at radius 3 is 2.43 bits per heavy atom. The summed E-state index contributed by atoms with van der Waals surface area (Å²) in [6.07, 6.45) is -6.83. The summed E-state index contributed by atoms with van der Waals surface area (Å²) in [4.78, 5) is 48.3. The molecule has 10 N–H and O–H groups in total. The van der Waals surface area contributed by atoms with Crippen LogP contribution >= 0.6 is 11.6 Å². The average Bonchev–Trinajstić information content (AvgIpc) is 3.48. The van der Waals surface area contributed by atoms with Crippen LogP contribution in [0.5, 0.6) is 0 Å². The molecule has 1 aromatic rings. The van der Waals surface area contributed by atoms with Gasteiger partial charge in [0.05, 0.1) is 12.7 Å². The van der Waals surface area contributed by atoms with Crippen LogP contribution in [0.3, 0.4) is 0 Å². The topological polar surface area (TPSA) is 286 Å². The normalized spacial score (nSPS) is 28.8. The molecule has 2 aliphatic heterocycles. The zero-order valence-corrected chi connectivity index (χ0v) is 31.8. The van der Waals surface area contributed by atoms with Crippen LogP contribution in [0.15, 0.2) is 35.3 Å². The van der Waals surface area contributed by atoms with E-state index in [2.05, 4.69) is 15.6 Å². The Kier molecular flexibility index (Phi) is 15.8. The number of aliphatic hydroxyl groups is 3. The number of ether oxygens (including phenoxy) is 2. The average molecular weight is 805 g/mol. The summed E-state index contributed by atoms with van der Waals surface area (Å²) < 4.78 is 49.9. The molecule has 18 nitrogen and oxygen atoms in total. The first-order valence-corrected chi connectivity index (χ1v) is 19.9. The number of unbranched alkanes of at least 4 members (excludes halogenated alkanes) is 1. The maximum absolute atomic E-state index is 15.1. The number of rotatable bonds is 17. The van der Waals surface area contributed by atoms with Gasteiger partial charge in [0.25, 0.3) is 5.91 Å². The van der Waals surface area contributed by atoms with Crippen LogP contribution in [0.2, 0.25) is 0 Å². The van der Waals surface area contributed by atoms with E-state index in [1.807, 2.05) is 0 Å². The lowest BCUT2D eigenvalue weighted by Crippen LogP contribution is -2.64. The first-order valence-electron chi connectivity index (χ1n) is 18.1. The zero-order valence-electron chi connectivity index (χ0n) is 30.3. The number of halogens is 1. The van der Waals surface area contributed by atoms with E-state index < -0.39 is 95.6 Å². The smallest absolute Gasteiger partial charge is 0.388 e. The van der Waals surface area contributed by atoms with Crippen molar-refractivity contribution in [2.45, 2.75) is 119 Å². The van der Waals surface area contributed by atoms with Crippen molar-refractivity contribution in [3.63, 3.8) is 0 Å². The highest BCUT2D eigenvalue weighted by atomic mass is 35.5. The molecule has 3 fully saturated rings. The largest absolute Gasteiger partial charge is 0.398 e. The minimum Gasteiger partial charge on any atom is -0.388 e. The van der Waals surface area contributed by atoms with Crippen molar-refractivity contribution < 1.29 is 56.3 Å². The summed E-state index contributed by atoms with van der Waals surface area (Å²) in [5, 5.41) is 36.3. The second-order valence-corrected chi connectivity index (χ2v) is 16.0. The fourth-order valence-corrected chi connectivity index (χ4v) is 8.00. The third-order valence-corrected chi connectivity index (χ3v) is 10.8. The standard InChI is InChI=1S/C34H53ClN6O12S/c1-18(2)29(52-33-28(44)27(43)24(42)17-51-33)26(40-31(46)25(53-54(48,49)50)14-19-8-4-3-5-9-19)32(47)41-22-16-21(35)11-10-20(22)15-23(41)30(45)38-12-6-7-13-39-34(36)37/h3-5,8-9,18,20-29,33,42-44H,6-7,10-17H2,1-2H3,(H,38,45)(H,40,46)(H4,36,37,39)(H,48,49,50)/t20-,21-,22+,23+,24+,25-,26+,27+,28+,29-,33+/m0/s1. The summed E-state index contributed by atoms with van der Waals surface area (Å²) in [7, 11) is -5.18. The highest BCUT2D eigenvalue weighted by Gasteiger charge is 2.52. The number of nitrogens with zero attached hydrogens (tertiary/aromatic N) is 2. The summed E-state index contributed by atoms with van der Waals surface area (Å²) in [6.45, 7) is 3.53. The highest BCUT2D eigenvalue weighted by molar-refractivity contribution is 7.80. The van der Waals surface area contributed by atoms with E-state index in [1.165, 1.54) is 4.90 Å². The third-order valence-electron chi connectivity index (χ3n) is 9.94. The molecular weight excluding hydrogens is 752 g/mol. The molecule has 0 radical (unpaired) electrons. The number of amides is 3. The number of hydrogen-bond acceptors (Lipinski definition) is 12. The van der Waals surface area contributed by atoms with E-state index in [0.29, 0.717) is 50.6 Å². The van der Waals surface area contributed by atoms with Crippen molar-refractivity contribution >= 4 is 45.7 Å². The number of hydrogen-bond donors (Lipinski definition) is 8. The van der Waals surface area contributed by atoms with Gasteiger partial charge in [-0.05, 0) is 55.9 Å². The van der Waals surface area contributed by atoms with Gasteiger partial charge in [0.1, 0.15) is 30.4 Å². The van der Waals surface area contributed by atoms with Gasteiger partial charge in [-0.15, -0.1) is 11.6 Å². The lowest BCUT2D eigenvalue weighted by molar-refractivity contribution is -0.288. The van der Waals surface area contributed by atoms with Gasteiger partial charge in [-0.2, -0.15) is 8.42 Å². The number of guanidine groups is 1. The van der Waals surface area contributed by atoms with E-state index in [1.54, 1.807) is 44.2 Å². The predicted molar refractivity (Wildman–Crippen MR) is 195 cm³/mol. The molecule has 1 saturated carbocycles. The summed E-state index contributed by atoms with van der Waals surface area (Å²) in [6, 6.07) is 5.07.